The molecule has 0 aliphatic carbocycles. The summed E-state index contributed by atoms with van der Waals surface area (Å²) in [5.41, 5.74) is 6.78. The maximum Gasteiger partial charge on any atom is 0.250 e. The van der Waals surface area contributed by atoms with Crippen molar-refractivity contribution in [1.82, 2.24) is 0 Å². The van der Waals surface area contributed by atoms with Gasteiger partial charge in [0, 0.05) is 11.6 Å². The highest BCUT2D eigenvalue weighted by atomic mass is 35.5. The van der Waals surface area contributed by atoms with E-state index in [0.717, 1.165) is 12.8 Å². The molecule has 0 bridgehead atoms. The van der Waals surface area contributed by atoms with Gasteiger partial charge < -0.3 is 15.8 Å². The van der Waals surface area contributed by atoms with E-state index in [4.69, 9.17) is 22.1 Å². The third-order valence-electron chi connectivity index (χ3n) is 3.16. The van der Waals surface area contributed by atoms with Crippen molar-refractivity contribution in [1.29, 1.82) is 0 Å². The van der Waals surface area contributed by atoms with Crippen molar-refractivity contribution < 1.29 is 9.53 Å². The Kier molecular flexibility index (Phi) is 8.87. The maximum absolute atomic E-state index is 11.7. The second kappa shape index (κ2) is 10.5. The van der Waals surface area contributed by atoms with E-state index in [0.29, 0.717) is 23.0 Å². The number of halogens is 1. The van der Waals surface area contributed by atoms with Gasteiger partial charge in [-0.05, 0) is 24.6 Å². The van der Waals surface area contributed by atoms with Gasteiger partial charge in [0.15, 0.2) is 0 Å². The molecular formula is C16H25ClN2O2. The van der Waals surface area contributed by atoms with Crippen molar-refractivity contribution in [2.45, 2.75) is 45.4 Å². The first-order valence-electron chi connectivity index (χ1n) is 7.56. The van der Waals surface area contributed by atoms with Crippen LogP contribution in [-0.4, -0.2) is 19.1 Å². The zero-order chi connectivity index (χ0) is 15.5. The smallest absolute Gasteiger partial charge is 0.250 e. The standard InChI is InChI=1S/C16H25ClN2O2/c1-2-3-4-5-6-7-10-21-12-16(20)19-15-9-8-13(17)11-14(15)18/h8-9,11H,2-7,10,12,18H2,1H3,(H,19,20). The summed E-state index contributed by atoms with van der Waals surface area (Å²) in [6, 6.07) is 4.97. The lowest BCUT2D eigenvalue weighted by atomic mass is 10.1. The lowest BCUT2D eigenvalue weighted by Gasteiger charge is -2.09. The molecule has 0 heterocycles. The third-order valence-corrected chi connectivity index (χ3v) is 3.40. The highest BCUT2D eigenvalue weighted by molar-refractivity contribution is 6.31. The van der Waals surface area contributed by atoms with Crippen LogP contribution >= 0.6 is 11.6 Å². The Morgan fingerprint density at radius 2 is 1.95 bits per heavy atom. The summed E-state index contributed by atoms with van der Waals surface area (Å²) >= 11 is 5.80. The number of carbonyl (C=O) groups excluding carboxylic acids is 1. The molecule has 1 amide bonds. The van der Waals surface area contributed by atoms with E-state index >= 15 is 0 Å². The summed E-state index contributed by atoms with van der Waals surface area (Å²) in [4.78, 5) is 11.7. The summed E-state index contributed by atoms with van der Waals surface area (Å²) in [6.07, 6.45) is 7.24. The van der Waals surface area contributed by atoms with Crippen LogP contribution < -0.4 is 11.1 Å². The number of benzene rings is 1. The molecule has 0 aliphatic heterocycles. The third kappa shape index (κ3) is 7.93. The van der Waals surface area contributed by atoms with Gasteiger partial charge in [0.2, 0.25) is 5.91 Å². The molecule has 0 saturated carbocycles. The van der Waals surface area contributed by atoms with Crippen LogP contribution in [0.15, 0.2) is 18.2 Å². The molecule has 1 rings (SSSR count). The second-order valence-corrected chi connectivity index (χ2v) is 5.54. The van der Waals surface area contributed by atoms with Crippen molar-refractivity contribution in [3.63, 3.8) is 0 Å². The fourth-order valence-electron chi connectivity index (χ4n) is 1.98. The summed E-state index contributed by atoms with van der Waals surface area (Å²) in [5.74, 6) is -0.199. The SMILES string of the molecule is CCCCCCCCOCC(=O)Nc1ccc(Cl)cc1N. The zero-order valence-corrected chi connectivity index (χ0v) is 13.4. The van der Waals surface area contributed by atoms with Crippen LogP contribution in [0, 0.1) is 0 Å². The number of unbranched alkanes of at least 4 members (excludes halogenated alkanes) is 5. The predicted octanol–water partition coefficient (Wildman–Crippen LogP) is 4.24. The number of nitrogens with two attached hydrogens (primary N) is 1. The van der Waals surface area contributed by atoms with E-state index in [1.165, 1.54) is 25.7 Å². The van der Waals surface area contributed by atoms with E-state index < -0.39 is 0 Å². The minimum Gasteiger partial charge on any atom is -0.397 e. The lowest BCUT2D eigenvalue weighted by molar-refractivity contribution is -0.120. The molecule has 118 valence electrons. The van der Waals surface area contributed by atoms with Gasteiger partial charge in [-0.3, -0.25) is 4.79 Å². The minimum absolute atomic E-state index is 0.0526. The highest BCUT2D eigenvalue weighted by Crippen LogP contribution is 2.22. The first-order valence-corrected chi connectivity index (χ1v) is 7.94. The molecule has 0 fully saturated rings. The second-order valence-electron chi connectivity index (χ2n) is 5.10. The largest absolute Gasteiger partial charge is 0.397 e. The molecule has 5 heteroatoms. The van der Waals surface area contributed by atoms with Crippen LogP contribution in [0.3, 0.4) is 0 Å². The Balaban J connectivity index is 2.11. The number of rotatable bonds is 10. The van der Waals surface area contributed by atoms with E-state index in [2.05, 4.69) is 12.2 Å². The molecule has 0 aliphatic rings. The van der Waals surface area contributed by atoms with Gasteiger partial charge in [-0.2, -0.15) is 0 Å². The normalized spacial score (nSPS) is 10.6. The Hall–Kier alpha value is -1.26. The quantitative estimate of drug-likeness (QED) is 0.502. The average Bonchev–Trinajstić information content (AvgIpc) is 2.45. The fourth-order valence-corrected chi connectivity index (χ4v) is 2.16. The van der Waals surface area contributed by atoms with Gasteiger partial charge in [-0.25, -0.2) is 0 Å². The molecule has 0 spiro atoms. The van der Waals surface area contributed by atoms with E-state index in [9.17, 15) is 4.79 Å². The molecule has 0 radical (unpaired) electrons. The number of ether oxygens (including phenoxy) is 1. The first kappa shape index (κ1) is 17.8. The molecule has 21 heavy (non-hydrogen) atoms. The van der Waals surface area contributed by atoms with Crippen molar-refractivity contribution >= 4 is 28.9 Å². The number of nitrogen functional groups attached to an aromatic ring is 1. The van der Waals surface area contributed by atoms with E-state index in [1.54, 1.807) is 18.2 Å². The Morgan fingerprint density at radius 1 is 1.24 bits per heavy atom. The number of nitrogens with one attached hydrogen (secondary N) is 1. The van der Waals surface area contributed by atoms with Gasteiger partial charge in [-0.15, -0.1) is 0 Å². The number of anilines is 2. The first-order chi connectivity index (χ1) is 10.1. The summed E-state index contributed by atoms with van der Waals surface area (Å²) in [6.45, 7) is 2.88. The molecular weight excluding hydrogens is 288 g/mol. The van der Waals surface area contributed by atoms with Crippen molar-refractivity contribution in [3.05, 3.63) is 23.2 Å². The van der Waals surface area contributed by atoms with Gasteiger partial charge >= 0.3 is 0 Å². The van der Waals surface area contributed by atoms with Crippen molar-refractivity contribution in [2.75, 3.05) is 24.3 Å². The Bertz CT molecular complexity index is 438. The molecule has 3 N–H and O–H groups in total. The average molecular weight is 313 g/mol. The number of hydrogen-bond acceptors (Lipinski definition) is 3. The highest BCUT2D eigenvalue weighted by Gasteiger charge is 2.05. The van der Waals surface area contributed by atoms with Crippen LogP contribution in [-0.2, 0) is 9.53 Å². The van der Waals surface area contributed by atoms with Crippen molar-refractivity contribution in [2.24, 2.45) is 0 Å². The van der Waals surface area contributed by atoms with Crippen LogP contribution in [0.5, 0.6) is 0 Å². The molecule has 0 saturated heterocycles. The van der Waals surface area contributed by atoms with Crippen LogP contribution in [0.4, 0.5) is 11.4 Å². The van der Waals surface area contributed by atoms with Crippen molar-refractivity contribution in [3.8, 4) is 0 Å². The van der Waals surface area contributed by atoms with Crippen LogP contribution in [0.2, 0.25) is 5.02 Å². The van der Waals surface area contributed by atoms with Gasteiger partial charge in [0.05, 0.1) is 11.4 Å². The van der Waals surface area contributed by atoms with Gasteiger partial charge in [0.1, 0.15) is 6.61 Å². The van der Waals surface area contributed by atoms with Crippen LogP contribution in [0.25, 0.3) is 0 Å². The molecule has 4 nitrogen and oxygen atoms in total. The monoisotopic (exact) mass is 312 g/mol. The summed E-state index contributed by atoms with van der Waals surface area (Å²) in [7, 11) is 0. The predicted molar refractivity (Wildman–Crippen MR) is 88.7 cm³/mol. The number of carbonyl (C=O) groups is 1. The molecule has 0 aromatic heterocycles. The number of amides is 1. The van der Waals surface area contributed by atoms with E-state index in [-0.39, 0.29) is 12.5 Å². The molecule has 0 unspecified atom stereocenters. The zero-order valence-electron chi connectivity index (χ0n) is 12.7. The molecule has 1 aromatic carbocycles. The summed E-state index contributed by atoms with van der Waals surface area (Å²) in [5, 5.41) is 3.25. The topological polar surface area (TPSA) is 64.3 Å². The van der Waals surface area contributed by atoms with Gasteiger partial charge in [-0.1, -0.05) is 50.6 Å². The van der Waals surface area contributed by atoms with Gasteiger partial charge in [0.25, 0.3) is 0 Å². The Labute approximate surface area is 132 Å². The van der Waals surface area contributed by atoms with Crippen LogP contribution in [0.1, 0.15) is 45.4 Å². The minimum atomic E-state index is -0.199. The Morgan fingerprint density at radius 3 is 2.67 bits per heavy atom. The maximum atomic E-state index is 11.7. The lowest BCUT2D eigenvalue weighted by Crippen LogP contribution is -2.19. The number of hydrogen-bond donors (Lipinski definition) is 2. The van der Waals surface area contributed by atoms with E-state index in [1.807, 2.05) is 0 Å². The molecule has 1 aromatic rings. The summed E-state index contributed by atoms with van der Waals surface area (Å²) < 4.78 is 5.36. The fraction of sp³-hybridized carbons (Fsp3) is 0.562. The molecule has 0 atom stereocenters.